The van der Waals surface area contributed by atoms with Gasteiger partial charge in [0.05, 0.1) is 17.9 Å². The highest BCUT2D eigenvalue weighted by Gasteiger charge is 2.25. The third-order valence-electron chi connectivity index (χ3n) is 3.64. The molecule has 0 atom stereocenters. The van der Waals surface area contributed by atoms with E-state index in [1.54, 1.807) is 12.1 Å². The average Bonchev–Trinajstić information content (AvgIpc) is 2.47. The van der Waals surface area contributed by atoms with E-state index < -0.39 is 0 Å². The molecule has 0 spiro atoms. The normalized spacial score (nSPS) is 14.0. The van der Waals surface area contributed by atoms with Gasteiger partial charge in [0.2, 0.25) is 0 Å². The molecule has 1 aliphatic heterocycles. The van der Waals surface area contributed by atoms with Gasteiger partial charge in [-0.05, 0) is 41.8 Å². The fraction of sp³-hybridized carbons (Fsp3) is 0.294. The minimum absolute atomic E-state index is 0.257. The van der Waals surface area contributed by atoms with Crippen LogP contribution in [-0.2, 0) is 11.2 Å². The predicted molar refractivity (Wildman–Crippen MR) is 77.7 cm³/mol. The summed E-state index contributed by atoms with van der Waals surface area (Å²) in [5, 5.41) is 0. The minimum Gasteiger partial charge on any atom is -0.462 e. The highest BCUT2D eigenvalue weighted by Crippen LogP contribution is 2.30. The van der Waals surface area contributed by atoms with Gasteiger partial charge in [0.25, 0.3) is 0 Å². The van der Waals surface area contributed by atoms with Gasteiger partial charge in [0, 0.05) is 17.7 Å². The second-order valence-electron chi connectivity index (χ2n) is 5.48. The van der Waals surface area contributed by atoms with Crippen molar-refractivity contribution in [3.8, 4) is 11.3 Å². The van der Waals surface area contributed by atoms with Crippen molar-refractivity contribution >= 4 is 5.97 Å². The Morgan fingerprint density at radius 2 is 1.95 bits per heavy atom. The van der Waals surface area contributed by atoms with E-state index in [-0.39, 0.29) is 17.7 Å². The van der Waals surface area contributed by atoms with Crippen LogP contribution >= 0.6 is 0 Å². The summed E-state index contributed by atoms with van der Waals surface area (Å²) in [4.78, 5) is 16.7. The average molecular weight is 285 g/mol. The number of hydrogen-bond acceptors (Lipinski definition) is 3. The van der Waals surface area contributed by atoms with E-state index in [0.29, 0.717) is 24.3 Å². The van der Waals surface area contributed by atoms with Gasteiger partial charge >= 0.3 is 5.97 Å². The summed E-state index contributed by atoms with van der Waals surface area (Å²) in [7, 11) is 0. The Bertz CT molecular complexity index is 693. The molecule has 1 aromatic carbocycles. The molecule has 1 aromatic heterocycles. The van der Waals surface area contributed by atoms with E-state index in [9.17, 15) is 9.18 Å². The van der Waals surface area contributed by atoms with Crippen molar-refractivity contribution in [3.63, 3.8) is 0 Å². The van der Waals surface area contributed by atoms with E-state index in [1.807, 2.05) is 6.07 Å². The number of carbonyl (C=O) groups excluding carboxylic acids is 1. The van der Waals surface area contributed by atoms with Crippen LogP contribution in [-0.4, -0.2) is 17.6 Å². The van der Waals surface area contributed by atoms with E-state index in [2.05, 4.69) is 18.8 Å². The Labute approximate surface area is 122 Å². The van der Waals surface area contributed by atoms with Crippen molar-refractivity contribution in [2.24, 2.45) is 0 Å². The largest absolute Gasteiger partial charge is 0.462 e. The molecule has 3 rings (SSSR count). The van der Waals surface area contributed by atoms with Crippen molar-refractivity contribution in [2.75, 3.05) is 6.61 Å². The number of hydrogen-bond donors (Lipinski definition) is 0. The molecule has 0 fully saturated rings. The maximum atomic E-state index is 13.1. The zero-order valence-corrected chi connectivity index (χ0v) is 12.0. The highest BCUT2D eigenvalue weighted by atomic mass is 19.1. The van der Waals surface area contributed by atoms with Gasteiger partial charge in [0.15, 0.2) is 0 Å². The molecule has 0 unspecified atom stereocenters. The number of nitrogens with zero attached hydrogens (tertiary/aromatic N) is 1. The topological polar surface area (TPSA) is 39.2 Å². The van der Waals surface area contributed by atoms with E-state index in [0.717, 1.165) is 16.8 Å². The van der Waals surface area contributed by atoms with Crippen molar-refractivity contribution in [1.29, 1.82) is 0 Å². The SMILES string of the molecule is CC(C)c1cc2c(c(-c3ccc(F)cc3)n1)C(=O)OCC2. The number of halogens is 1. The van der Waals surface area contributed by atoms with Crippen molar-refractivity contribution < 1.29 is 13.9 Å². The van der Waals surface area contributed by atoms with Crippen LogP contribution in [0.25, 0.3) is 11.3 Å². The number of carbonyl (C=O) groups is 1. The Morgan fingerprint density at radius 3 is 2.62 bits per heavy atom. The second kappa shape index (κ2) is 5.28. The van der Waals surface area contributed by atoms with Crippen LogP contribution in [0.1, 0.15) is 41.4 Å². The first-order valence-electron chi connectivity index (χ1n) is 7.03. The lowest BCUT2D eigenvalue weighted by molar-refractivity contribution is 0.0480. The summed E-state index contributed by atoms with van der Waals surface area (Å²) < 4.78 is 18.3. The van der Waals surface area contributed by atoms with E-state index in [1.165, 1.54) is 12.1 Å². The molecule has 0 N–H and O–H groups in total. The number of cyclic esters (lactones) is 1. The van der Waals surface area contributed by atoms with Crippen LogP contribution in [0, 0.1) is 5.82 Å². The number of ether oxygens (including phenoxy) is 1. The molecule has 0 saturated heterocycles. The number of aromatic nitrogens is 1. The quantitative estimate of drug-likeness (QED) is 0.789. The lowest BCUT2D eigenvalue weighted by atomic mass is 9.94. The molecule has 1 aliphatic rings. The van der Waals surface area contributed by atoms with Crippen molar-refractivity contribution in [2.45, 2.75) is 26.2 Å². The maximum absolute atomic E-state index is 13.1. The summed E-state index contributed by atoms with van der Waals surface area (Å²) >= 11 is 0. The van der Waals surface area contributed by atoms with Crippen LogP contribution < -0.4 is 0 Å². The van der Waals surface area contributed by atoms with Crippen LogP contribution in [0.3, 0.4) is 0 Å². The smallest absolute Gasteiger partial charge is 0.340 e. The Hall–Kier alpha value is -2.23. The lowest BCUT2D eigenvalue weighted by Crippen LogP contribution is -2.20. The Balaban J connectivity index is 2.23. The van der Waals surface area contributed by atoms with Gasteiger partial charge in [-0.3, -0.25) is 4.98 Å². The molecule has 0 saturated carbocycles. The third-order valence-corrected chi connectivity index (χ3v) is 3.64. The lowest BCUT2D eigenvalue weighted by Gasteiger charge is -2.20. The molecule has 0 radical (unpaired) electrons. The number of rotatable bonds is 2. The molecule has 4 heteroatoms. The number of fused-ring (bicyclic) bond motifs is 1. The Morgan fingerprint density at radius 1 is 1.24 bits per heavy atom. The fourth-order valence-corrected chi connectivity index (χ4v) is 2.48. The molecule has 2 aromatic rings. The molecule has 0 amide bonds. The van der Waals surface area contributed by atoms with Gasteiger partial charge in [-0.1, -0.05) is 13.8 Å². The zero-order valence-electron chi connectivity index (χ0n) is 12.0. The maximum Gasteiger partial charge on any atom is 0.340 e. The molecule has 3 nitrogen and oxygen atoms in total. The molecule has 2 heterocycles. The van der Waals surface area contributed by atoms with Gasteiger partial charge in [-0.15, -0.1) is 0 Å². The number of esters is 1. The van der Waals surface area contributed by atoms with E-state index in [4.69, 9.17) is 4.74 Å². The zero-order chi connectivity index (χ0) is 15.0. The molecule has 108 valence electrons. The van der Waals surface area contributed by atoms with Gasteiger partial charge in [-0.2, -0.15) is 0 Å². The van der Waals surface area contributed by atoms with Gasteiger partial charge in [0.1, 0.15) is 5.82 Å². The molecular weight excluding hydrogens is 269 g/mol. The summed E-state index contributed by atoms with van der Waals surface area (Å²) in [5.74, 6) is -0.402. The second-order valence-corrected chi connectivity index (χ2v) is 5.48. The van der Waals surface area contributed by atoms with Gasteiger partial charge in [-0.25, -0.2) is 9.18 Å². The summed E-state index contributed by atoms with van der Waals surface area (Å²) in [6.45, 7) is 4.52. The number of benzene rings is 1. The summed E-state index contributed by atoms with van der Waals surface area (Å²) in [6.07, 6.45) is 0.692. The molecule has 0 aliphatic carbocycles. The van der Waals surface area contributed by atoms with Crippen LogP contribution in [0.4, 0.5) is 4.39 Å². The summed E-state index contributed by atoms with van der Waals surface area (Å²) in [6, 6.07) is 8.01. The van der Waals surface area contributed by atoms with Crippen LogP contribution in [0.2, 0.25) is 0 Å². The Kier molecular flexibility index (Phi) is 3.45. The van der Waals surface area contributed by atoms with Crippen LogP contribution in [0.5, 0.6) is 0 Å². The fourth-order valence-electron chi connectivity index (χ4n) is 2.48. The summed E-state index contributed by atoms with van der Waals surface area (Å²) in [5.41, 5.74) is 3.72. The van der Waals surface area contributed by atoms with Crippen molar-refractivity contribution in [1.82, 2.24) is 4.98 Å². The number of pyridine rings is 1. The monoisotopic (exact) mass is 285 g/mol. The predicted octanol–water partition coefficient (Wildman–Crippen LogP) is 3.72. The minimum atomic E-state index is -0.349. The molecule has 21 heavy (non-hydrogen) atoms. The highest BCUT2D eigenvalue weighted by molar-refractivity contribution is 5.98. The third kappa shape index (κ3) is 2.53. The van der Waals surface area contributed by atoms with Gasteiger partial charge < -0.3 is 4.74 Å². The van der Waals surface area contributed by atoms with Crippen molar-refractivity contribution in [3.05, 3.63) is 53.0 Å². The van der Waals surface area contributed by atoms with Crippen LogP contribution in [0.15, 0.2) is 30.3 Å². The first-order chi connectivity index (χ1) is 10.1. The standard InChI is InChI=1S/C17H16FNO2/c1-10(2)14-9-12-7-8-21-17(20)15(12)16(19-14)11-3-5-13(18)6-4-11/h3-6,9-10H,7-8H2,1-2H3. The first-order valence-corrected chi connectivity index (χ1v) is 7.03. The molecular formula is C17H16FNO2. The molecule has 0 bridgehead atoms. The van der Waals surface area contributed by atoms with E-state index >= 15 is 0 Å². The first kappa shape index (κ1) is 13.7.